The average molecular weight is 243 g/mol. The second-order valence-electron chi connectivity index (χ2n) is 4.08. The van der Waals surface area contributed by atoms with Gasteiger partial charge in [0.25, 0.3) is 0 Å². The highest BCUT2D eigenvalue weighted by Crippen LogP contribution is 2.28. The Hall–Kier alpha value is -0.890. The van der Waals surface area contributed by atoms with Crippen LogP contribution in [0.15, 0.2) is 24.3 Å². The largest absolute Gasteiger partial charge is 0.204 e. The number of rotatable bonds is 1. The smallest absolute Gasteiger partial charge is 0.159 e. The highest BCUT2D eigenvalue weighted by atomic mass is 35.5. The zero-order valence-corrected chi connectivity index (χ0v) is 9.61. The molecular weight excluding hydrogens is 230 g/mol. The van der Waals surface area contributed by atoms with E-state index < -0.39 is 11.6 Å². The zero-order valence-electron chi connectivity index (χ0n) is 8.85. The summed E-state index contributed by atoms with van der Waals surface area (Å²) >= 11 is 6.09. The van der Waals surface area contributed by atoms with E-state index in [1.807, 2.05) is 6.08 Å². The number of hydrogen-bond donors (Lipinski definition) is 0. The molecule has 16 heavy (non-hydrogen) atoms. The van der Waals surface area contributed by atoms with E-state index >= 15 is 0 Å². The van der Waals surface area contributed by atoms with E-state index in [0.29, 0.717) is 0 Å². The molecule has 1 aliphatic carbocycles. The quantitative estimate of drug-likeness (QED) is 0.635. The Labute approximate surface area is 98.9 Å². The molecule has 0 amide bonds. The fraction of sp³-hybridized carbons (Fsp3) is 0.385. The summed E-state index contributed by atoms with van der Waals surface area (Å²) in [4.78, 5) is 0. The SMILES string of the molecule is Fc1ccc(C2=CC(Cl)CCCC2)cc1F. The molecule has 0 nitrogen and oxygen atoms in total. The molecule has 0 fully saturated rings. The normalized spacial score (nSPS) is 21.4. The van der Waals surface area contributed by atoms with Crippen molar-refractivity contribution in [3.63, 3.8) is 0 Å². The van der Waals surface area contributed by atoms with Gasteiger partial charge < -0.3 is 0 Å². The van der Waals surface area contributed by atoms with Crippen molar-refractivity contribution in [3.8, 4) is 0 Å². The minimum atomic E-state index is -0.805. The summed E-state index contributed by atoms with van der Waals surface area (Å²) in [5, 5.41) is 0.00520. The minimum absolute atomic E-state index is 0.00520. The van der Waals surface area contributed by atoms with E-state index in [1.165, 1.54) is 12.1 Å². The molecule has 1 aromatic rings. The summed E-state index contributed by atoms with van der Waals surface area (Å²) < 4.78 is 25.9. The molecule has 1 atom stereocenters. The molecule has 0 heterocycles. The van der Waals surface area contributed by atoms with E-state index in [4.69, 9.17) is 11.6 Å². The molecule has 0 aliphatic heterocycles. The van der Waals surface area contributed by atoms with Crippen molar-refractivity contribution in [2.24, 2.45) is 0 Å². The molecule has 1 aromatic carbocycles. The Balaban J connectivity index is 2.31. The van der Waals surface area contributed by atoms with Gasteiger partial charge in [-0.1, -0.05) is 18.6 Å². The lowest BCUT2D eigenvalue weighted by atomic mass is 10.0. The lowest BCUT2D eigenvalue weighted by Gasteiger charge is -2.06. The monoisotopic (exact) mass is 242 g/mol. The maximum Gasteiger partial charge on any atom is 0.159 e. The zero-order chi connectivity index (χ0) is 11.5. The van der Waals surface area contributed by atoms with Gasteiger partial charge in [0.2, 0.25) is 0 Å². The van der Waals surface area contributed by atoms with Gasteiger partial charge in [0, 0.05) is 0 Å². The van der Waals surface area contributed by atoms with Crippen LogP contribution in [0.4, 0.5) is 8.78 Å². The summed E-state index contributed by atoms with van der Waals surface area (Å²) in [6.45, 7) is 0. The van der Waals surface area contributed by atoms with Crippen LogP contribution in [-0.2, 0) is 0 Å². The highest BCUT2D eigenvalue weighted by Gasteiger charge is 2.12. The predicted octanol–water partition coefficient (Wildman–Crippen LogP) is 4.53. The molecule has 3 heteroatoms. The van der Waals surface area contributed by atoms with Gasteiger partial charge in [0.05, 0.1) is 5.38 Å². The molecule has 86 valence electrons. The summed E-state index contributed by atoms with van der Waals surface area (Å²) in [5.41, 5.74) is 1.77. The van der Waals surface area contributed by atoms with Crippen LogP contribution >= 0.6 is 11.6 Å². The third kappa shape index (κ3) is 2.62. The summed E-state index contributed by atoms with van der Waals surface area (Å²) in [5.74, 6) is -1.60. The maximum absolute atomic E-state index is 13.1. The summed E-state index contributed by atoms with van der Waals surface area (Å²) in [6.07, 6.45) is 5.93. The van der Waals surface area contributed by atoms with Gasteiger partial charge in [-0.3, -0.25) is 0 Å². The molecule has 1 aliphatic rings. The standard InChI is InChI=1S/C13H13ClF2/c14-11-4-2-1-3-9(7-11)10-5-6-12(15)13(16)8-10/h5-8,11H,1-4H2. The lowest BCUT2D eigenvalue weighted by molar-refractivity contribution is 0.508. The van der Waals surface area contributed by atoms with Crippen molar-refractivity contribution in [1.29, 1.82) is 0 Å². The first-order chi connectivity index (χ1) is 7.66. The van der Waals surface area contributed by atoms with Crippen molar-refractivity contribution < 1.29 is 8.78 Å². The fourth-order valence-corrected chi connectivity index (χ4v) is 2.28. The van der Waals surface area contributed by atoms with Crippen LogP contribution in [0.5, 0.6) is 0 Å². The van der Waals surface area contributed by atoms with Gasteiger partial charge in [-0.05, 0) is 42.5 Å². The van der Waals surface area contributed by atoms with Crippen LogP contribution in [0.25, 0.3) is 5.57 Å². The molecule has 0 bridgehead atoms. The van der Waals surface area contributed by atoms with Gasteiger partial charge in [-0.25, -0.2) is 8.78 Å². The van der Waals surface area contributed by atoms with E-state index in [1.54, 1.807) is 6.07 Å². The first kappa shape index (κ1) is 11.6. The van der Waals surface area contributed by atoms with Crippen LogP contribution in [0.1, 0.15) is 31.2 Å². The Kier molecular flexibility index (Phi) is 3.59. The molecule has 0 N–H and O–H groups in total. The third-order valence-corrected chi connectivity index (χ3v) is 3.19. The van der Waals surface area contributed by atoms with E-state index in [9.17, 15) is 8.78 Å². The first-order valence-electron chi connectivity index (χ1n) is 5.47. The highest BCUT2D eigenvalue weighted by molar-refractivity contribution is 6.22. The van der Waals surface area contributed by atoms with Crippen molar-refractivity contribution >= 4 is 17.2 Å². The van der Waals surface area contributed by atoms with E-state index in [0.717, 1.165) is 36.8 Å². The average Bonchev–Trinajstić information content (AvgIpc) is 2.47. The van der Waals surface area contributed by atoms with E-state index in [-0.39, 0.29) is 5.38 Å². The molecule has 0 aromatic heterocycles. The van der Waals surface area contributed by atoms with Gasteiger partial charge >= 0.3 is 0 Å². The number of halogens is 3. The number of allylic oxidation sites excluding steroid dienone is 2. The number of alkyl halides is 1. The lowest BCUT2D eigenvalue weighted by Crippen LogP contribution is -1.93. The van der Waals surface area contributed by atoms with Gasteiger partial charge in [0.15, 0.2) is 11.6 Å². The number of hydrogen-bond acceptors (Lipinski definition) is 0. The summed E-state index contributed by atoms with van der Waals surface area (Å²) in [6, 6.07) is 4.02. The molecular formula is C13H13ClF2. The van der Waals surface area contributed by atoms with Crippen LogP contribution in [-0.4, -0.2) is 5.38 Å². The summed E-state index contributed by atoms with van der Waals surface area (Å²) in [7, 11) is 0. The molecule has 0 spiro atoms. The fourth-order valence-electron chi connectivity index (χ4n) is 1.98. The first-order valence-corrected chi connectivity index (χ1v) is 5.90. The number of benzene rings is 1. The van der Waals surface area contributed by atoms with Crippen LogP contribution < -0.4 is 0 Å². The predicted molar refractivity (Wildman–Crippen MR) is 62.4 cm³/mol. The Bertz CT molecular complexity index is 412. The molecule has 0 saturated carbocycles. The van der Waals surface area contributed by atoms with E-state index in [2.05, 4.69) is 0 Å². The van der Waals surface area contributed by atoms with Crippen molar-refractivity contribution in [1.82, 2.24) is 0 Å². The second kappa shape index (κ2) is 4.96. The van der Waals surface area contributed by atoms with Gasteiger partial charge in [-0.15, -0.1) is 11.6 Å². The minimum Gasteiger partial charge on any atom is -0.204 e. The molecule has 0 saturated heterocycles. The third-order valence-electron chi connectivity index (χ3n) is 2.85. The topological polar surface area (TPSA) is 0 Å². The molecule has 2 rings (SSSR count). The van der Waals surface area contributed by atoms with Crippen LogP contribution in [0, 0.1) is 11.6 Å². The van der Waals surface area contributed by atoms with Gasteiger partial charge in [0.1, 0.15) is 0 Å². The van der Waals surface area contributed by atoms with Gasteiger partial charge in [-0.2, -0.15) is 0 Å². The second-order valence-corrected chi connectivity index (χ2v) is 4.64. The van der Waals surface area contributed by atoms with Crippen molar-refractivity contribution in [2.45, 2.75) is 31.1 Å². The van der Waals surface area contributed by atoms with Crippen LogP contribution in [0.3, 0.4) is 0 Å². The Morgan fingerprint density at radius 2 is 1.94 bits per heavy atom. The molecule has 0 radical (unpaired) electrons. The Morgan fingerprint density at radius 1 is 1.12 bits per heavy atom. The van der Waals surface area contributed by atoms with Crippen molar-refractivity contribution in [3.05, 3.63) is 41.5 Å². The Morgan fingerprint density at radius 3 is 2.69 bits per heavy atom. The maximum atomic E-state index is 13.1. The molecule has 1 unspecified atom stereocenters. The van der Waals surface area contributed by atoms with Crippen LogP contribution in [0.2, 0.25) is 0 Å². The van der Waals surface area contributed by atoms with Crippen molar-refractivity contribution in [2.75, 3.05) is 0 Å².